The molecule has 2 heterocycles. The van der Waals surface area contributed by atoms with E-state index >= 15 is 0 Å². The highest BCUT2D eigenvalue weighted by molar-refractivity contribution is 7.89. The van der Waals surface area contributed by atoms with Crippen LogP contribution in [-0.4, -0.2) is 35.4 Å². The molecule has 0 amide bonds. The number of aromatic nitrogens is 2. The average molecular weight is 415 g/mol. The molecule has 4 rings (SSSR count). The Morgan fingerprint density at radius 3 is 2.48 bits per heavy atom. The van der Waals surface area contributed by atoms with Gasteiger partial charge in [-0.15, -0.1) is 0 Å². The van der Waals surface area contributed by atoms with Crippen molar-refractivity contribution >= 4 is 20.9 Å². The number of rotatable bonds is 3. The standard InChI is InChI=1S/C21H22FN3O3S/c1-14-3-6-20(15(2)11-14)29(27,28)24-9-7-17(8-10-24)25-13-23-19-5-4-16(22)12-18(19)21(25)26/h3-6,11-13,17H,7-10H2,1-2H3. The molecule has 0 saturated carbocycles. The molecule has 1 saturated heterocycles. The fourth-order valence-electron chi connectivity index (χ4n) is 3.96. The molecule has 1 aliphatic heterocycles. The van der Waals surface area contributed by atoms with Gasteiger partial charge in [-0.1, -0.05) is 17.7 Å². The smallest absolute Gasteiger partial charge is 0.261 e. The van der Waals surface area contributed by atoms with Crippen LogP contribution in [0.1, 0.15) is 30.0 Å². The van der Waals surface area contributed by atoms with Gasteiger partial charge in [0.2, 0.25) is 10.0 Å². The van der Waals surface area contributed by atoms with Crippen molar-refractivity contribution in [1.29, 1.82) is 0 Å². The molecule has 8 heteroatoms. The lowest BCUT2D eigenvalue weighted by molar-refractivity contribution is 0.269. The van der Waals surface area contributed by atoms with Crippen molar-refractivity contribution in [1.82, 2.24) is 13.9 Å². The third-order valence-electron chi connectivity index (χ3n) is 5.51. The second-order valence-electron chi connectivity index (χ2n) is 7.52. The van der Waals surface area contributed by atoms with E-state index in [1.54, 1.807) is 19.1 Å². The lowest BCUT2D eigenvalue weighted by Gasteiger charge is -2.32. The number of halogens is 1. The van der Waals surface area contributed by atoms with Gasteiger partial charge in [0.25, 0.3) is 5.56 Å². The first-order chi connectivity index (χ1) is 13.8. The van der Waals surface area contributed by atoms with Crippen LogP contribution >= 0.6 is 0 Å². The van der Waals surface area contributed by atoms with Crippen molar-refractivity contribution < 1.29 is 12.8 Å². The van der Waals surface area contributed by atoms with Crippen LogP contribution in [0.2, 0.25) is 0 Å². The van der Waals surface area contributed by atoms with Crippen LogP contribution in [0.5, 0.6) is 0 Å². The molecule has 2 aromatic carbocycles. The Morgan fingerprint density at radius 2 is 1.79 bits per heavy atom. The summed E-state index contributed by atoms with van der Waals surface area (Å²) < 4.78 is 42.6. The quantitative estimate of drug-likeness (QED) is 0.659. The van der Waals surface area contributed by atoms with E-state index in [4.69, 9.17) is 0 Å². The number of aryl methyl sites for hydroxylation is 2. The van der Waals surface area contributed by atoms with E-state index < -0.39 is 15.8 Å². The van der Waals surface area contributed by atoms with Gasteiger partial charge in [0.15, 0.2) is 0 Å². The maximum Gasteiger partial charge on any atom is 0.261 e. The van der Waals surface area contributed by atoms with Gasteiger partial charge in [0, 0.05) is 19.1 Å². The van der Waals surface area contributed by atoms with Gasteiger partial charge in [-0.3, -0.25) is 9.36 Å². The van der Waals surface area contributed by atoms with Gasteiger partial charge in [-0.05, 0) is 56.5 Å². The molecular formula is C21H22FN3O3S. The van der Waals surface area contributed by atoms with Crippen molar-refractivity contribution in [3.63, 3.8) is 0 Å². The van der Waals surface area contributed by atoms with Gasteiger partial charge in [0.1, 0.15) is 5.82 Å². The first-order valence-corrected chi connectivity index (χ1v) is 11.0. The number of nitrogens with zero attached hydrogens (tertiary/aromatic N) is 3. The Kier molecular flexibility index (Phi) is 5.00. The molecule has 1 aliphatic rings. The predicted molar refractivity (Wildman–Crippen MR) is 109 cm³/mol. The van der Waals surface area contributed by atoms with Crippen molar-refractivity contribution in [2.45, 2.75) is 37.6 Å². The van der Waals surface area contributed by atoms with Crippen LogP contribution in [0.3, 0.4) is 0 Å². The third kappa shape index (κ3) is 3.58. The minimum atomic E-state index is -3.58. The van der Waals surface area contributed by atoms with Gasteiger partial charge in [0.05, 0.1) is 22.1 Å². The Morgan fingerprint density at radius 1 is 1.07 bits per heavy atom. The molecule has 0 aliphatic carbocycles. The molecular weight excluding hydrogens is 393 g/mol. The van der Waals surface area contributed by atoms with Crippen LogP contribution in [0, 0.1) is 19.7 Å². The first-order valence-electron chi connectivity index (χ1n) is 9.51. The largest absolute Gasteiger partial charge is 0.296 e. The molecule has 152 valence electrons. The molecule has 29 heavy (non-hydrogen) atoms. The highest BCUT2D eigenvalue weighted by atomic mass is 32.2. The van der Waals surface area contributed by atoms with Crippen LogP contribution in [-0.2, 0) is 10.0 Å². The summed E-state index contributed by atoms with van der Waals surface area (Å²) in [5.74, 6) is -0.483. The van der Waals surface area contributed by atoms with E-state index in [1.165, 1.54) is 33.4 Å². The summed E-state index contributed by atoms with van der Waals surface area (Å²) in [6.07, 6.45) is 2.46. The fourth-order valence-corrected chi connectivity index (χ4v) is 5.63. The summed E-state index contributed by atoms with van der Waals surface area (Å²) in [6, 6.07) is 9.09. The van der Waals surface area contributed by atoms with Crippen molar-refractivity contribution in [3.05, 3.63) is 70.0 Å². The molecule has 0 bridgehead atoms. The normalized spacial score (nSPS) is 16.4. The van der Waals surface area contributed by atoms with E-state index in [-0.39, 0.29) is 17.0 Å². The zero-order chi connectivity index (χ0) is 20.8. The van der Waals surface area contributed by atoms with Crippen molar-refractivity contribution in [3.8, 4) is 0 Å². The Balaban J connectivity index is 1.57. The average Bonchev–Trinajstić information content (AvgIpc) is 2.68. The van der Waals surface area contributed by atoms with Gasteiger partial charge in [-0.2, -0.15) is 4.31 Å². The highest BCUT2D eigenvalue weighted by Crippen LogP contribution is 2.28. The highest BCUT2D eigenvalue weighted by Gasteiger charge is 2.31. The predicted octanol–water partition coefficient (Wildman–Crippen LogP) is 3.18. The van der Waals surface area contributed by atoms with Crippen molar-refractivity contribution in [2.24, 2.45) is 0 Å². The zero-order valence-electron chi connectivity index (χ0n) is 16.3. The second kappa shape index (κ2) is 7.35. The number of hydrogen-bond acceptors (Lipinski definition) is 4. The van der Waals surface area contributed by atoms with Gasteiger partial charge >= 0.3 is 0 Å². The lowest BCUT2D eigenvalue weighted by atomic mass is 10.1. The summed E-state index contributed by atoms with van der Waals surface area (Å²) in [5.41, 5.74) is 1.89. The van der Waals surface area contributed by atoms with Crippen LogP contribution in [0.4, 0.5) is 4.39 Å². The van der Waals surface area contributed by atoms with E-state index in [0.717, 1.165) is 11.1 Å². The third-order valence-corrected chi connectivity index (χ3v) is 7.57. The fraction of sp³-hybridized carbons (Fsp3) is 0.333. The molecule has 0 radical (unpaired) electrons. The number of sulfonamides is 1. The van der Waals surface area contributed by atoms with Crippen LogP contribution < -0.4 is 5.56 Å². The summed E-state index contributed by atoms with van der Waals surface area (Å²) >= 11 is 0. The maximum atomic E-state index is 13.5. The van der Waals surface area contributed by atoms with Crippen LogP contribution in [0.25, 0.3) is 10.9 Å². The molecule has 0 N–H and O–H groups in total. The molecule has 6 nitrogen and oxygen atoms in total. The second-order valence-corrected chi connectivity index (χ2v) is 9.43. The van der Waals surface area contributed by atoms with Crippen molar-refractivity contribution in [2.75, 3.05) is 13.1 Å². The molecule has 0 spiro atoms. The Hall–Kier alpha value is -2.58. The molecule has 0 atom stereocenters. The SMILES string of the molecule is Cc1ccc(S(=O)(=O)N2CCC(n3cnc4ccc(F)cc4c3=O)CC2)c(C)c1. The van der Waals surface area contributed by atoms with E-state index in [2.05, 4.69) is 4.98 Å². The number of piperidine rings is 1. The molecule has 1 fully saturated rings. The van der Waals surface area contributed by atoms with E-state index in [9.17, 15) is 17.6 Å². The van der Waals surface area contributed by atoms with E-state index in [1.807, 2.05) is 13.0 Å². The maximum absolute atomic E-state index is 13.5. The topological polar surface area (TPSA) is 72.3 Å². The summed E-state index contributed by atoms with van der Waals surface area (Å²) in [4.78, 5) is 17.4. The minimum Gasteiger partial charge on any atom is -0.296 e. The minimum absolute atomic E-state index is 0.173. The summed E-state index contributed by atoms with van der Waals surface area (Å²) in [6.45, 7) is 4.35. The summed E-state index contributed by atoms with van der Waals surface area (Å²) in [5, 5.41) is 0.234. The van der Waals surface area contributed by atoms with Gasteiger partial charge < -0.3 is 0 Å². The zero-order valence-corrected chi connectivity index (χ0v) is 17.1. The Labute approximate surface area is 168 Å². The monoisotopic (exact) mass is 415 g/mol. The number of benzene rings is 2. The lowest BCUT2D eigenvalue weighted by Crippen LogP contribution is -2.41. The summed E-state index contributed by atoms with van der Waals surface area (Å²) in [7, 11) is -3.58. The molecule has 1 aromatic heterocycles. The Bertz CT molecular complexity index is 1250. The molecule has 0 unspecified atom stereocenters. The number of fused-ring (bicyclic) bond motifs is 1. The van der Waals surface area contributed by atoms with E-state index in [0.29, 0.717) is 36.3 Å². The van der Waals surface area contributed by atoms with Crippen LogP contribution in [0.15, 0.2) is 52.4 Å². The molecule has 3 aromatic rings. The van der Waals surface area contributed by atoms with Gasteiger partial charge in [-0.25, -0.2) is 17.8 Å². The first kappa shape index (κ1) is 19.7. The number of hydrogen-bond donors (Lipinski definition) is 0.